The molecule has 1 aliphatic rings. The molecule has 0 unspecified atom stereocenters. The Morgan fingerprint density at radius 2 is 1.93 bits per heavy atom. The molecule has 9 heteroatoms. The van der Waals surface area contributed by atoms with E-state index in [1.54, 1.807) is 14.1 Å². The minimum absolute atomic E-state index is 0. The van der Waals surface area contributed by atoms with Gasteiger partial charge in [-0.2, -0.15) is 0 Å². The lowest BCUT2D eigenvalue weighted by Crippen LogP contribution is -2.44. The van der Waals surface area contributed by atoms with Crippen molar-refractivity contribution in [2.24, 2.45) is 4.99 Å². The molecule has 30 heavy (non-hydrogen) atoms. The number of rotatable bonds is 7. The summed E-state index contributed by atoms with van der Waals surface area (Å²) in [7, 11) is 3.46. The normalized spacial score (nSPS) is 15.0. The highest BCUT2D eigenvalue weighted by molar-refractivity contribution is 14.0. The number of nitrogens with zero attached hydrogens (tertiary/aromatic N) is 3. The third-order valence-electron chi connectivity index (χ3n) is 5.05. The van der Waals surface area contributed by atoms with E-state index in [0.717, 1.165) is 61.7 Å². The molecule has 1 aliphatic heterocycles. The van der Waals surface area contributed by atoms with Crippen LogP contribution >= 0.6 is 24.0 Å². The maximum absolute atomic E-state index is 11.9. The van der Waals surface area contributed by atoms with Gasteiger partial charge >= 0.3 is 0 Å². The van der Waals surface area contributed by atoms with E-state index in [1.165, 1.54) is 4.90 Å². The highest BCUT2D eigenvalue weighted by Gasteiger charge is 2.12. The minimum atomic E-state index is -0.0424. The van der Waals surface area contributed by atoms with Crippen molar-refractivity contribution in [3.8, 4) is 0 Å². The molecule has 8 nitrogen and oxygen atoms in total. The van der Waals surface area contributed by atoms with Crippen molar-refractivity contribution in [2.45, 2.75) is 13.5 Å². The SMILES string of the molecule is Cc1c(CNC(=NCC(=O)N(C)C)NCCN2CCOCC2)oc2ccccc12.I. The second-order valence-corrected chi connectivity index (χ2v) is 7.33. The summed E-state index contributed by atoms with van der Waals surface area (Å²) in [5.74, 6) is 1.43. The summed E-state index contributed by atoms with van der Waals surface area (Å²) in [6.07, 6.45) is 0. The number of aryl methyl sites for hydroxylation is 1. The van der Waals surface area contributed by atoms with Gasteiger partial charge in [0.1, 0.15) is 17.9 Å². The van der Waals surface area contributed by atoms with Crippen LogP contribution in [0, 0.1) is 6.92 Å². The molecule has 0 saturated carbocycles. The number of ether oxygens (including phenoxy) is 1. The van der Waals surface area contributed by atoms with Gasteiger partial charge in [-0.3, -0.25) is 9.69 Å². The number of benzene rings is 1. The van der Waals surface area contributed by atoms with Crippen LogP contribution in [0.4, 0.5) is 0 Å². The summed E-state index contributed by atoms with van der Waals surface area (Å²) >= 11 is 0. The Morgan fingerprint density at radius 1 is 1.20 bits per heavy atom. The first-order valence-corrected chi connectivity index (χ1v) is 10.0. The van der Waals surface area contributed by atoms with E-state index in [2.05, 4.69) is 33.5 Å². The van der Waals surface area contributed by atoms with E-state index < -0.39 is 0 Å². The van der Waals surface area contributed by atoms with E-state index in [9.17, 15) is 4.79 Å². The average molecular weight is 529 g/mol. The summed E-state index contributed by atoms with van der Waals surface area (Å²) < 4.78 is 11.4. The van der Waals surface area contributed by atoms with Crippen molar-refractivity contribution >= 4 is 46.8 Å². The van der Waals surface area contributed by atoms with Crippen molar-refractivity contribution in [3.05, 3.63) is 35.6 Å². The van der Waals surface area contributed by atoms with Crippen LogP contribution < -0.4 is 10.6 Å². The van der Waals surface area contributed by atoms with Crippen LogP contribution in [0.2, 0.25) is 0 Å². The predicted molar refractivity (Wildman–Crippen MR) is 129 cm³/mol. The number of para-hydroxylation sites is 1. The lowest BCUT2D eigenvalue weighted by Gasteiger charge is -2.26. The zero-order valence-corrected chi connectivity index (χ0v) is 20.3. The number of carbonyl (C=O) groups is 1. The molecular formula is C21H32IN5O3. The van der Waals surface area contributed by atoms with Crippen molar-refractivity contribution in [3.63, 3.8) is 0 Å². The predicted octanol–water partition coefficient (Wildman–Crippen LogP) is 1.81. The number of fused-ring (bicyclic) bond motifs is 1. The molecule has 1 aromatic carbocycles. The molecule has 1 saturated heterocycles. The maximum atomic E-state index is 11.9. The molecule has 1 aromatic heterocycles. The molecule has 0 bridgehead atoms. The third-order valence-corrected chi connectivity index (χ3v) is 5.05. The van der Waals surface area contributed by atoms with E-state index in [-0.39, 0.29) is 36.4 Å². The van der Waals surface area contributed by atoms with Gasteiger partial charge in [-0.1, -0.05) is 18.2 Å². The van der Waals surface area contributed by atoms with Crippen molar-refractivity contribution in [2.75, 3.05) is 60.0 Å². The molecule has 0 spiro atoms. The van der Waals surface area contributed by atoms with Gasteiger partial charge in [-0.05, 0) is 13.0 Å². The molecule has 2 aromatic rings. The summed E-state index contributed by atoms with van der Waals surface area (Å²) in [6.45, 7) is 7.73. The van der Waals surface area contributed by atoms with Crippen LogP contribution in [0.25, 0.3) is 11.0 Å². The van der Waals surface area contributed by atoms with Crippen LogP contribution in [0.5, 0.6) is 0 Å². The fourth-order valence-electron chi connectivity index (χ4n) is 3.18. The smallest absolute Gasteiger partial charge is 0.243 e. The maximum Gasteiger partial charge on any atom is 0.243 e. The zero-order valence-electron chi connectivity index (χ0n) is 17.9. The molecule has 0 atom stereocenters. The van der Waals surface area contributed by atoms with Crippen molar-refractivity contribution in [1.29, 1.82) is 0 Å². The Kier molecular flexibility index (Phi) is 9.86. The molecule has 1 fully saturated rings. The number of likely N-dealkylation sites (N-methyl/N-ethyl adjacent to an activating group) is 1. The van der Waals surface area contributed by atoms with Gasteiger partial charge in [0.25, 0.3) is 0 Å². The zero-order chi connectivity index (χ0) is 20.6. The summed E-state index contributed by atoms with van der Waals surface area (Å²) in [6, 6.07) is 8.00. The Bertz CT molecular complexity index is 846. The van der Waals surface area contributed by atoms with Gasteiger partial charge in [-0.25, -0.2) is 4.99 Å². The van der Waals surface area contributed by atoms with Crippen LogP contribution in [-0.4, -0.2) is 81.7 Å². The van der Waals surface area contributed by atoms with Crippen LogP contribution in [0.1, 0.15) is 11.3 Å². The topological polar surface area (TPSA) is 82.3 Å². The second kappa shape index (κ2) is 12.1. The molecular weight excluding hydrogens is 497 g/mol. The number of guanidine groups is 1. The largest absolute Gasteiger partial charge is 0.459 e. The number of morpholine rings is 1. The summed E-state index contributed by atoms with van der Waals surface area (Å²) in [5, 5.41) is 7.75. The van der Waals surface area contributed by atoms with Gasteiger partial charge in [0.2, 0.25) is 5.91 Å². The van der Waals surface area contributed by atoms with Crippen LogP contribution in [-0.2, 0) is 16.1 Å². The quantitative estimate of drug-likeness (QED) is 0.324. The van der Waals surface area contributed by atoms with Gasteiger partial charge in [0.05, 0.1) is 19.8 Å². The van der Waals surface area contributed by atoms with Gasteiger partial charge < -0.3 is 24.7 Å². The summed E-state index contributed by atoms with van der Waals surface area (Å²) in [4.78, 5) is 20.3. The molecule has 0 aliphatic carbocycles. The minimum Gasteiger partial charge on any atom is -0.459 e. The number of aliphatic imine (C=N–C) groups is 1. The van der Waals surface area contributed by atoms with E-state index in [1.807, 2.05) is 18.2 Å². The molecule has 2 heterocycles. The number of furan rings is 1. The van der Waals surface area contributed by atoms with E-state index in [4.69, 9.17) is 9.15 Å². The fraction of sp³-hybridized carbons (Fsp3) is 0.524. The number of hydrogen-bond acceptors (Lipinski definition) is 5. The molecule has 166 valence electrons. The Labute approximate surface area is 195 Å². The monoisotopic (exact) mass is 529 g/mol. The van der Waals surface area contributed by atoms with Crippen LogP contribution in [0.3, 0.4) is 0 Å². The lowest BCUT2D eigenvalue weighted by molar-refractivity contribution is -0.127. The first-order valence-electron chi connectivity index (χ1n) is 10.0. The van der Waals surface area contributed by atoms with Crippen LogP contribution in [0.15, 0.2) is 33.7 Å². The van der Waals surface area contributed by atoms with Gasteiger partial charge in [-0.15, -0.1) is 24.0 Å². The van der Waals surface area contributed by atoms with Crippen molar-refractivity contribution in [1.82, 2.24) is 20.4 Å². The van der Waals surface area contributed by atoms with Gasteiger partial charge in [0, 0.05) is 51.2 Å². The number of halogens is 1. The molecule has 2 N–H and O–H groups in total. The standard InChI is InChI=1S/C21H31N5O3.HI/c1-16-17-6-4-5-7-18(17)29-19(16)14-23-21(24-15-20(27)25(2)3)22-8-9-26-10-12-28-13-11-26;/h4-7H,8-15H2,1-3H3,(H2,22,23,24);1H. The number of hydrogen-bond donors (Lipinski definition) is 2. The Balaban J connectivity index is 0.00000320. The third kappa shape index (κ3) is 6.85. The molecule has 1 amide bonds. The number of nitrogens with one attached hydrogen (secondary N) is 2. The Hall–Kier alpha value is -1.85. The molecule has 3 rings (SSSR count). The Morgan fingerprint density at radius 3 is 2.63 bits per heavy atom. The van der Waals surface area contributed by atoms with Gasteiger partial charge in [0.15, 0.2) is 5.96 Å². The van der Waals surface area contributed by atoms with E-state index in [0.29, 0.717) is 12.5 Å². The fourth-order valence-corrected chi connectivity index (χ4v) is 3.18. The average Bonchev–Trinajstić information content (AvgIpc) is 3.06. The first kappa shape index (κ1) is 24.4. The first-order chi connectivity index (χ1) is 14.0. The number of amides is 1. The van der Waals surface area contributed by atoms with Crippen molar-refractivity contribution < 1.29 is 13.9 Å². The van der Waals surface area contributed by atoms with E-state index >= 15 is 0 Å². The highest BCUT2D eigenvalue weighted by Crippen LogP contribution is 2.24. The molecule has 0 radical (unpaired) electrons. The highest BCUT2D eigenvalue weighted by atomic mass is 127. The number of carbonyl (C=O) groups excluding carboxylic acids is 1. The second-order valence-electron chi connectivity index (χ2n) is 7.33. The lowest BCUT2D eigenvalue weighted by atomic mass is 10.1. The summed E-state index contributed by atoms with van der Waals surface area (Å²) in [5.41, 5.74) is 1.99.